The zero-order valence-electron chi connectivity index (χ0n) is 16.3. The number of piperidine rings is 1. The minimum absolute atomic E-state index is 0.197. The zero-order valence-corrected chi connectivity index (χ0v) is 17.1. The number of carbonyl (C=O) groups is 2. The Labute approximate surface area is 172 Å². The van der Waals surface area contributed by atoms with Gasteiger partial charge in [-0.15, -0.1) is 0 Å². The summed E-state index contributed by atoms with van der Waals surface area (Å²) in [7, 11) is 0. The Morgan fingerprint density at radius 1 is 1.31 bits per heavy atom. The van der Waals surface area contributed by atoms with E-state index in [2.05, 4.69) is 20.0 Å². The number of rotatable bonds is 8. The van der Waals surface area contributed by atoms with Crippen LogP contribution in [0.1, 0.15) is 32.1 Å². The first kappa shape index (κ1) is 20.9. The molecule has 0 saturated carbocycles. The molecule has 29 heavy (non-hydrogen) atoms. The van der Waals surface area contributed by atoms with E-state index in [-0.39, 0.29) is 18.6 Å². The molecule has 4 saturated heterocycles. The largest absolute Gasteiger partial charge is 0.748 e. The Morgan fingerprint density at radius 2 is 2.10 bits per heavy atom. The van der Waals surface area contributed by atoms with Crippen molar-refractivity contribution >= 4 is 23.3 Å². The van der Waals surface area contributed by atoms with Gasteiger partial charge in [-0.2, -0.15) is 9.35 Å². The normalized spacial score (nSPS) is 33.5. The molecular formula is C17H28N5O6S-. The predicted molar refractivity (Wildman–Crippen MR) is 100 cm³/mol. The van der Waals surface area contributed by atoms with E-state index in [1.807, 2.05) is 0 Å². The third kappa shape index (κ3) is 4.89. The maximum absolute atomic E-state index is 12.5. The smallest absolute Gasteiger partial charge is 0.346 e. The fraction of sp³-hybridized carbons (Fsp3) is 0.882. The number of fused-ring (bicyclic) bond motifs is 2. The lowest BCUT2D eigenvalue weighted by molar-refractivity contribution is -0.139. The molecule has 164 valence electrons. The molecule has 11 nitrogen and oxygen atoms in total. The number of nitrogens with zero attached hydrogens (tertiary/aromatic N) is 3. The molecule has 0 spiro atoms. The Kier molecular flexibility index (Phi) is 6.66. The highest BCUT2D eigenvalue weighted by molar-refractivity contribution is 7.74. The van der Waals surface area contributed by atoms with Crippen LogP contribution >= 0.6 is 0 Å². The lowest BCUT2D eigenvalue weighted by Gasteiger charge is -2.29. The van der Waals surface area contributed by atoms with Crippen LogP contribution in [0, 0.1) is 5.92 Å². The highest BCUT2D eigenvalue weighted by atomic mass is 32.2. The Balaban J connectivity index is 1.19. The van der Waals surface area contributed by atoms with Gasteiger partial charge in [0.1, 0.15) is 17.4 Å². The summed E-state index contributed by atoms with van der Waals surface area (Å²) in [5.41, 5.74) is 2.46. The molecule has 5 atom stereocenters. The van der Waals surface area contributed by atoms with Crippen LogP contribution in [0.5, 0.6) is 0 Å². The SMILES string of the molecule is O=C(NOC[C@@H]1C[C@H](CN2CCCC2)CN1)C1CCC2CN1C(=O)N2OS(=O)[O-]. The molecule has 4 aliphatic rings. The van der Waals surface area contributed by atoms with Gasteiger partial charge in [-0.05, 0) is 57.7 Å². The topological polar surface area (TPSA) is 127 Å². The van der Waals surface area contributed by atoms with Crippen LogP contribution in [0.15, 0.2) is 0 Å². The van der Waals surface area contributed by atoms with E-state index < -0.39 is 29.3 Å². The van der Waals surface area contributed by atoms with Crippen molar-refractivity contribution < 1.29 is 27.5 Å². The first-order chi connectivity index (χ1) is 14.0. The van der Waals surface area contributed by atoms with E-state index in [9.17, 15) is 18.4 Å². The lowest BCUT2D eigenvalue weighted by atomic mass is 10.0. The van der Waals surface area contributed by atoms with Crippen molar-refractivity contribution in [1.29, 1.82) is 0 Å². The van der Waals surface area contributed by atoms with Gasteiger partial charge in [0.05, 0.1) is 12.6 Å². The monoisotopic (exact) mass is 430 g/mol. The van der Waals surface area contributed by atoms with Crippen molar-refractivity contribution in [3.8, 4) is 0 Å². The summed E-state index contributed by atoms with van der Waals surface area (Å²) in [5, 5.41) is 4.28. The molecule has 2 N–H and O–H groups in total. The summed E-state index contributed by atoms with van der Waals surface area (Å²) in [4.78, 5) is 34.1. The Morgan fingerprint density at radius 3 is 2.86 bits per heavy atom. The van der Waals surface area contributed by atoms with Crippen molar-refractivity contribution in [3.63, 3.8) is 0 Å². The first-order valence-electron chi connectivity index (χ1n) is 10.3. The minimum Gasteiger partial charge on any atom is -0.748 e. The highest BCUT2D eigenvalue weighted by Crippen LogP contribution is 2.30. The molecular weight excluding hydrogens is 402 g/mol. The van der Waals surface area contributed by atoms with E-state index in [1.165, 1.54) is 30.8 Å². The molecule has 0 aliphatic carbocycles. The number of hydrogen-bond donors (Lipinski definition) is 2. The fourth-order valence-corrected chi connectivity index (χ4v) is 5.16. The molecule has 0 aromatic rings. The molecule has 2 bridgehead atoms. The number of amides is 3. The van der Waals surface area contributed by atoms with Crippen LogP contribution in [0.2, 0.25) is 0 Å². The zero-order chi connectivity index (χ0) is 20.4. The number of urea groups is 1. The Hall–Kier alpha value is -1.31. The molecule has 0 radical (unpaired) electrons. The van der Waals surface area contributed by atoms with Crippen LogP contribution in [0.4, 0.5) is 4.79 Å². The van der Waals surface area contributed by atoms with Crippen molar-refractivity contribution in [2.24, 2.45) is 5.92 Å². The molecule has 12 heteroatoms. The van der Waals surface area contributed by atoms with E-state index in [4.69, 9.17) is 4.84 Å². The van der Waals surface area contributed by atoms with Gasteiger partial charge in [-0.3, -0.25) is 9.63 Å². The van der Waals surface area contributed by atoms with Gasteiger partial charge in [-0.25, -0.2) is 14.5 Å². The van der Waals surface area contributed by atoms with Gasteiger partial charge in [0.15, 0.2) is 0 Å². The summed E-state index contributed by atoms with van der Waals surface area (Å²) in [5.74, 6) is 0.209. The van der Waals surface area contributed by atoms with Crippen LogP contribution < -0.4 is 10.8 Å². The van der Waals surface area contributed by atoms with Gasteiger partial charge in [0, 0.05) is 19.1 Å². The summed E-state index contributed by atoms with van der Waals surface area (Å²) in [6.45, 7) is 5.09. The summed E-state index contributed by atoms with van der Waals surface area (Å²) >= 11 is -2.83. The van der Waals surface area contributed by atoms with E-state index in [0.717, 1.165) is 24.6 Å². The van der Waals surface area contributed by atoms with Crippen LogP contribution in [-0.4, -0.2) is 93.0 Å². The highest BCUT2D eigenvalue weighted by Gasteiger charge is 2.48. The summed E-state index contributed by atoms with van der Waals surface area (Å²) < 4.78 is 26.1. The molecule has 0 aromatic carbocycles. The summed E-state index contributed by atoms with van der Waals surface area (Å²) in [6.07, 6.45) is 4.51. The molecule has 4 heterocycles. The van der Waals surface area contributed by atoms with Crippen LogP contribution in [-0.2, 0) is 25.3 Å². The maximum Gasteiger partial charge on any atom is 0.346 e. The average Bonchev–Trinajstić information content (AvgIpc) is 3.41. The predicted octanol–water partition coefficient (Wildman–Crippen LogP) is -0.898. The summed E-state index contributed by atoms with van der Waals surface area (Å²) in [6, 6.07) is -1.46. The quantitative estimate of drug-likeness (QED) is 0.375. The van der Waals surface area contributed by atoms with E-state index in [0.29, 0.717) is 25.4 Å². The van der Waals surface area contributed by atoms with Gasteiger partial charge >= 0.3 is 6.03 Å². The average molecular weight is 431 g/mol. The molecule has 3 amide bonds. The number of nitrogens with one attached hydrogen (secondary N) is 2. The van der Waals surface area contributed by atoms with Gasteiger partial charge < -0.3 is 19.7 Å². The van der Waals surface area contributed by atoms with Crippen molar-refractivity contribution in [3.05, 3.63) is 0 Å². The second-order valence-electron chi connectivity index (χ2n) is 8.28. The molecule has 4 fully saturated rings. The molecule has 0 aromatic heterocycles. The van der Waals surface area contributed by atoms with Crippen molar-refractivity contribution in [2.45, 2.75) is 50.2 Å². The lowest BCUT2D eigenvalue weighted by Crippen LogP contribution is -2.50. The number of hydroxylamine groups is 3. The maximum atomic E-state index is 12.5. The molecule has 3 unspecified atom stereocenters. The van der Waals surface area contributed by atoms with Crippen LogP contribution in [0.3, 0.4) is 0 Å². The number of hydrogen-bond acceptors (Lipinski definition) is 8. The molecule has 4 aliphatic heterocycles. The molecule has 4 rings (SSSR count). The minimum atomic E-state index is -2.83. The number of carbonyl (C=O) groups excluding carboxylic acids is 2. The van der Waals surface area contributed by atoms with Crippen molar-refractivity contribution in [2.75, 3.05) is 39.3 Å². The third-order valence-electron chi connectivity index (χ3n) is 6.25. The number of likely N-dealkylation sites (tertiary alicyclic amines) is 1. The Bertz CT molecular complexity index is 648. The fourth-order valence-electron chi connectivity index (χ4n) is 4.85. The standard InChI is InChI=1S/C17H29N5O6S/c23-16(15-4-3-14-10-21(15)17(24)22(14)28-29(25)26)19-27-11-13-7-12(8-18-13)9-20-5-1-2-6-20/h12-15,18H,1-11H2,(H,19,23)(H,25,26)/p-1/t12-,13-,14?,15?/m0/s1. The van der Waals surface area contributed by atoms with Crippen molar-refractivity contribution in [1.82, 2.24) is 25.7 Å². The first-order valence-corrected chi connectivity index (χ1v) is 11.3. The second kappa shape index (κ2) is 9.23. The third-order valence-corrected chi connectivity index (χ3v) is 6.53. The van der Waals surface area contributed by atoms with E-state index >= 15 is 0 Å². The van der Waals surface area contributed by atoms with Gasteiger partial charge in [0.25, 0.3) is 5.91 Å². The van der Waals surface area contributed by atoms with Crippen LogP contribution in [0.25, 0.3) is 0 Å². The van der Waals surface area contributed by atoms with Gasteiger partial charge in [0.2, 0.25) is 0 Å². The van der Waals surface area contributed by atoms with Gasteiger partial charge in [-0.1, -0.05) is 0 Å². The van der Waals surface area contributed by atoms with E-state index in [1.54, 1.807) is 0 Å². The second-order valence-corrected chi connectivity index (χ2v) is 8.84.